The first kappa shape index (κ1) is 15.0. The molecule has 0 spiro atoms. The van der Waals surface area contributed by atoms with Crippen LogP contribution in [0.15, 0.2) is 119 Å². The van der Waals surface area contributed by atoms with Crippen molar-refractivity contribution in [3.8, 4) is 22.3 Å². The van der Waals surface area contributed by atoms with E-state index in [-0.39, 0.29) is 51.1 Å². The maximum absolute atomic E-state index is 9.13. The van der Waals surface area contributed by atoms with E-state index in [4.69, 9.17) is 15.4 Å². The Balaban J connectivity index is 1.76. The molecule has 1 heteroatoms. The lowest BCUT2D eigenvalue weighted by Gasteiger charge is -2.18. The minimum atomic E-state index is -0.419. The SMILES string of the molecule is [2H]c1c([2H])c([2H])c2c(-c3ccc4oc5c(C(C)(C)C)cccc5c4c3)c3c([2H])c([2H])c([2H])c([2H])c3c(-c3ccccc3)c2c1[2H]. The first-order valence-corrected chi connectivity index (χ1v) is 12.3. The zero-order chi connectivity index (χ0) is 32.1. The highest BCUT2D eigenvalue weighted by molar-refractivity contribution is 6.22. The topological polar surface area (TPSA) is 13.1 Å². The van der Waals surface area contributed by atoms with Gasteiger partial charge in [0.15, 0.2) is 0 Å². The largest absolute Gasteiger partial charge is 0.456 e. The fraction of sp³-hybridized carbons (Fsp3) is 0.111. The van der Waals surface area contributed by atoms with Crippen molar-refractivity contribution in [3.63, 3.8) is 0 Å². The highest BCUT2D eigenvalue weighted by Gasteiger charge is 2.21. The Morgan fingerprint density at radius 2 is 1.16 bits per heavy atom. The normalized spacial score (nSPS) is 15.2. The summed E-state index contributed by atoms with van der Waals surface area (Å²) in [7, 11) is 0. The molecule has 0 radical (unpaired) electrons. The van der Waals surface area contributed by atoms with Crippen LogP contribution in [-0.2, 0) is 5.41 Å². The number of para-hydroxylation sites is 1. The van der Waals surface area contributed by atoms with Crippen molar-refractivity contribution < 1.29 is 15.4 Å². The Bertz CT molecular complexity index is 2300. The molecule has 0 atom stereocenters. The predicted molar refractivity (Wildman–Crippen MR) is 158 cm³/mol. The van der Waals surface area contributed by atoms with Crippen molar-refractivity contribution in [1.29, 1.82) is 0 Å². The summed E-state index contributed by atoms with van der Waals surface area (Å²) in [6.45, 7) is 6.36. The Kier molecular flexibility index (Phi) is 3.28. The molecule has 1 heterocycles. The summed E-state index contributed by atoms with van der Waals surface area (Å²) >= 11 is 0. The van der Waals surface area contributed by atoms with Crippen LogP contribution in [-0.4, -0.2) is 0 Å². The maximum atomic E-state index is 9.13. The molecule has 1 aromatic heterocycles. The number of furan rings is 1. The summed E-state index contributed by atoms with van der Waals surface area (Å²) in [4.78, 5) is 0. The number of fused-ring (bicyclic) bond motifs is 5. The molecule has 0 N–H and O–H groups in total. The monoisotopic (exact) mass is 484 g/mol. The summed E-state index contributed by atoms with van der Waals surface area (Å²) in [5.74, 6) is 0. The van der Waals surface area contributed by atoms with Crippen LogP contribution in [0.2, 0.25) is 0 Å². The third kappa shape index (κ3) is 3.38. The molecule has 37 heavy (non-hydrogen) atoms. The van der Waals surface area contributed by atoms with Crippen molar-refractivity contribution in [3.05, 3.63) is 121 Å². The van der Waals surface area contributed by atoms with E-state index < -0.39 is 24.2 Å². The van der Waals surface area contributed by atoms with E-state index in [1.165, 1.54) is 0 Å². The summed E-state index contributed by atoms with van der Waals surface area (Å²) in [5.41, 5.74) is 4.07. The van der Waals surface area contributed by atoms with Gasteiger partial charge in [0.2, 0.25) is 0 Å². The standard InChI is InChI=1S/C36H28O/c1-36(2,3)31-19-11-18-29-30-22-24(20-21-32(30)37-35(29)31)34-27-16-9-7-14-25(27)33(23-12-5-4-6-13-23)26-15-8-10-17-28(26)34/h4-22H,1-3H3/i7D,8D,9D,10D,14D,15D,16D,17D. The quantitative estimate of drug-likeness (QED) is 0.222. The van der Waals surface area contributed by atoms with E-state index >= 15 is 0 Å². The van der Waals surface area contributed by atoms with Crippen LogP contribution >= 0.6 is 0 Å². The van der Waals surface area contributed by atoms with Crippen LogP contribution in [0.1, 0.15) is 37.3 Å². The van der Waals surface area contributed by atoms with E-state index in [9.17, 15) is 0 Å². The van der Waals surface area contributed by atoms with Gasteiger partial charge in [-0.15, -0.1) is 0 Å². The third-order valence-corrected chi connectivity index (χ3v) is 7.03. The van der Waals surface area contributed by atoms with Crippen molar-refractivity contribution in [2.75, 3.05) is 0 Å². The average Bonchev–Trinajstić information content (AvgIpc) is 3.41. The molecule has 1 nitrogen and oxygen atoms in total. The highest BCUT2D eigenvalue weighted by atomic mass is 16.3. The summed E-state index contributed by atoms with van der Waals surface area (Å²) in [5, 5.41) is 2.47. The van der Waals surface area contributed by atoms with Gasteiger partial charge in [0.05, 0.1) is 11.0 Å². The van der Waals surface area contributed by atoms with Crippen molar-refractivity contribution in [2.24, 2.45) is 0 Å². The summed E-state index contributed by atoms with van der Waals surface area (Å²) < 4.78 is 77.1. The van der Waals surface area contributed by atoms with Crippen molar-refractivity contribution >= 4 is 43.5 Å². The van der Waals surface area contributed by atoms with Gasteiger partial charge in [-0.25, -0.2) is 0 Å². The summed E-state index contributed by atoms with van der Waals surface area (Å²) in [6.07, 6.45) is 0. The minimum absolute atomic E-state index is 0.178. The lowest BCUT2D eigenvalue weighted by molar-refractivity contribution is 0.573. The van der Waals surface area contributed by atoms with Gasteiger partial charge in [-0.2, -0.15) is 0 Å². The lowest BCUT2D eigenvalue weighted by Crippen LogP contribution is -2.10. The van der Waals surface area contributed by atoms with E-state index in [1.807, 2.05) is 36.4 Å². The molecule has 0 saturated carbocycles. The third-order valence-electron chi connectivity index (χ3n) is 7.03. The van der Waals surface area contributed by atoms with Gasteiger partial charge in [0.25, 0.3) is 0 Å². The Morgan fingerprint density at radius 1 is 0.568 bits per heavy atom. The van der Waals surface area contributed by atoms with E-state index in [0.29, 0.717) is 27.8 Å². The second kappa shape index (κ2) is 8.08. The number of rotatable bonds is 2. The van der Waals surface area contributed by atoms with Crippen LogP contribution in [0.25, 0.3) is 65.7 Å². The van der Waals surface area contributed by atoms with Gasteiger partial charge in [-0.1, -0.05) is 124 Å². The smallest absolute Gasteiger partial charge is 0.139 e. The predicted octanol–water partition coefficient (Wildman–Crippen LogP) is 10.5. The van der Waals surface area contributed by atoms with Crippen LogP contribution in [0, 0.1) is 0 Å². The van der Waals surface area contributed by atoms with Gasteiger partial charge in [-0.05, 0) is 61.3 Å². The Morgan fingerprint density at radius 3 is 1.76 bits per heavy atom. The molecule has 0 aliphatic rings. The van der Waals surface area contributed by atoms with Crippen molar-refractivity contribution in [2.45, 2.75) is 26.2 Å². The van der Waals surface area contributed by atoms with Gasteiger partial charge in [0.1, 0.15) is 11.2 Å². The molecular weight excluding hydrogens is 448 g/mol. The number of hydrogen-bond donors (Lipinski definition) is 0. The number of hydrogen-bond acceptors (Lipinski definition) is 1. The van der Waals surface area contributed by atoms with E-state index in [0.717, 1.165) is 21.9 Å². The van der Waals surface area contributed by atoms with Crippen LogP contribution < -0.4 is 0 Å². The molecule has 0 amide bonds. The second-order valence-electron chi connectivity index (χ2n) is 10.4. The lowest BCUT2D eigenvalue weighted by atomic mass is 9.85. The second-order valence-corrected chi connectivity index (χ2v) is 10.4. The van der Waals surface area contributed by atoms with Gasteiger partial charge in [0, 0.05) is 16.3 Å². The zero-order valence-electron chi connectivity index (χ0n) is 28.8. The van der Waals surface area contributed by atoms with E-state index in [2.05, 4.69) is 20.8 Å². The highest BCUT2D eigenvalue weighted by Crippen LogP contribution is 2.45. The first-order valence-electron chi connectivity index (χ1n) is 16.3. The van der Waals surface area contributed by atoms with Gasteiger partial charge < -0.3 is 4.42 Å². The fourth-order valence-electron chi connectivity index (χ4n) is 5.35. The van der Waals surface area contributed by atoms with Gasteiger partial charge in [-0.3, -0.25) is 0 Å². The van der Waals surface area contributed by atoms with Crippen LogP contribution in [0.3, 0.4) is 0 Å². The van der Waals surface area contributed by atoms with Gasteiger partial charge >= 0.3 is 0 Å². The zero-order valence-corrected chi connectivity index (χ0v) is 20.8. The minimum Gasteiger partial charge on any atom is -0.456 e. The molecule has 0 fully saturated rings. The van der Waals surface area contributed by atoms with Crippen LogP contribution in [0.5, 0.6) is 0 Å². The summed E-state index contributed by atoms with van der Waals surface area (Å²) in [6, 6.07) is 17.7. The molecule has 0 saturated heterocycles. The molecule has 7 rings (SSSR count). The molecule has 0 aliphatic carbocycles. The Labute approximate surface area is 228 Å². The van der Waals surface area contributed by atoms with E-state index in [1.54, 1.807) is 30.3 Å². The average molecular weight is 485 g/mol. The molecular formula is C36H28O. The van der Waals surface area contributed by atoms with Crippen LogP contribution in [0.4, 0.5) is 0 Å². The molecule has 7 aromatic rings. The molecule has 0 aliphatic heterocycles. The number of benzene rings is 6. The van der Waals surface area contributed by atoms with Crippen molar-refractivity contribution in [1.82, 2.24) is 0 Å². The molecule has 6 aromatic carbocycles. The fourth-order valence-corrected chi connectivity index (χ4v) is 5.35. The molecule has 0 bridgehead atoms. The first-order chi connectivity index (χ1) is 21.3. The maximum Gasteiger partial charge on any atom is 0.139 e. The molecule has 178 valence electrons. The molecule has 0 unspecified atom stereocenters. The Hall–Kier alpha value is -4.36.